The topological polar surface area (TPSA) is 107 Å². The van der Waals surface area contributed by atoms with Crippen molar-refractivity contribution in [3.05, 3.63) is 75.9 Å². The number of aliphatic hydroxyl groups excluding tert-OH is 1. The maximum atomic E-state index is 13.7. The Kier molecular flexibility index (Phi) is 4.06. The molecule has 2 aromatic carbocycles. The summed E-state index contributed by atoms with van der Waals surface area (Å²) in [7, 11) is 1.71. The van der Waals surface area contributed by atoms with Gasteiger partial charge in [-0.3, -0.25) is 14.5 Å². The minimum Gasteiger partial charge on any atom is -0.464 e. The lowest BCUT2D eigenvalue weighted by atomic mass is 9.63. The van der Waals surface area contributed by atoms with E-state index in [1.54, 1.807) is 36.2 Å². The summed E-state index contributed by atoms with van der Waals surface area (Å²) in [5.74, 6) is -1.06. The van der Waals surface area contributed by atoms with Crippen LogP contribution in [0.5, 0.6) is 0 Å². The molecule has 0 radical (unpaired) electrons. The maximum Gasteiger partial charge on any atom is 0.251 e. The molecule has 1 amide bonds. The van der Waals surface area contributed by atoms with E-state index in [0.29, 0.717) is 17.8 Å². The molecule has 3 atom stereocenters. The molecule has 5 rings (SSSR count). The monoisotopic (exact) mass is 419 g/mol. The highest BCUT2D eigenvalue weighted by atomic mass is 19.1. The van der Waals surface area contributed by atoms with E-state index in [-0.39, 0.29) is 23.0 Å². The van der Waals surface area contributed by atoms with E-state index in [1.807, 2.05) is 0 Å². The molecule has 31 heavy (non-hydrogen) atoms. The molecule has 8 heteroatoms. The Bertz CT molecular complexity index is 1350. The second kappa shape index (κ2) is 6.48. The fourth-order valence-electron chi connectivity index (χ4n) is 5.20. The van der Waals surface area contributed by atoms with Crippen molar-refractivity contribution in [2.45, 2.75) is 18.1 Å². The van der Waals surface area contributed by atoms with E-state index in [4.69, 9.17) is 4.42 Å². The van der Waals surface area contributed by atoms with Crippen molar-refractivity contribution in [2.75, 3.05) is 18.9 Å². The number of hydrogen-bond donors (Lipinski definition) is 2. The van der Waals surface area contributed by atoms with Gasteiger partial charge in [0.25, 0.3) is 5.91 Å². The number of amides is 1. The van der Waals surface area contributed by atoms with E-state index in [9.17, 15) is 24.3 Å². The number of nitrogens with one attached hydrogen (secondary N) is 1. The number of carbonyl (C=O) groups excluding carboxylic acids is 1. The summed E-state index contributed by atoms with van der Waals surface area (Å²) in [5, 5.41) is 24.6. The van der Waals surface area contributed by atoms with E-state index < -0.39 is 34.2 Å². The lowest BCUT2D eigenvalue weighted by Crippen LogP contribution is -2.56. The number of halogens is 1. The third-order valence-electron chi connectivity index (χ3n) is 6.68. The zero-order valence-corrected chi connectivity index (χ0v) is 16.6. The van der Waals surface area contributed by atoms with Gasteiger partial charge in [-0.1, -0.05) is 18.2 Å². The summed E-state index contributed by atoms with van der Waals surface area (Å²) in [6.07, 6.45) is -0.413. The molecule has 2 aliphatic heterocycles. The molecule has 1 spiro atoms. The van der Waals surface area contributed by atoms with Gasteiger partial charge in [0, 0.05) is 17.8 Å². The van der Waals surface area contributed by atoms with Crippen molar-refractivity contribution in [1.29, 1.82) is 5.26 Å². The Balaban J connectivity index is 1.76. The number of likely N-dealkylation sites (tertiary alicyclic amines) is 1. The van der Waals surface area contributed by atoms with Crippen LogP contribution < -0.4 is 10.7 Å². The minimum atomic E-state index is -1.67. The molecule has 0 bridgehead atoms. The molecule has 156 valence electrons. The van der Waals surface area contributed by atoms with E-state index in [2.05, 4.69) is 11.4 Å². The fourth-order valence-corrected chi connectivity index (χ4v) is 5.20. The Hall–Kier alpha value is -3.54. The van der Waals surface area contributed by atoms with Crippen molar-refractivity contribution >= 4 is 22.6 Å². The van der Waals surface area contributed by atoms with Gasteiger partial charge < -0.3 is 14.8 Å². The first-order valence-electron chi connectivity index (χ1n) is 9.79. The predicted octanol–water partition coefficient (Wildman–Crippen LogP) is 2.66. The zero-order chi connectivity index (χ0) is 22.0. The number of benzene rings is 2. The number of carbonyl (C=O) groups is 1. The molecule has 1 fully saturated rings. The van der Waals surface area contributed by atoms with Gasteiger partial charge in [-0.05, 0) is 37.7 Å². The van der Waals surface area contributed by atoms with Gasteiger partial charge in [0.2, 0.25) is 0 Å². The summed E-state index contributed by atoms with van der Waals surface area (Å²) in [4.78, 5) is 28.2. The number of nitrogens with zero attached hydrogens (tertiary/aromatic N) is 2. The smallest absolute Gasteiger partial charge is 0.251 e. The van der Waals surface area contributed by atoms with Crippen LogP contribution in [0.15, 0.2) is 57.9 Å². The number of fused-ring (bicyclic) bond motifs is 3. The molecule has 2 aliphatic rings. The molecule has 1 aromatic heterocycles. The molecule has 0 aliphatic carbocycles. The third kappa shape index (κ3) is 2.27. The summed E-state index contributed by atoms with van der Waals surface area (Å²) in [6.45, 7) is 0.347. The maximum absolute atomic E-state index is 13.7. The summed E-state index contributed by atoms with van der Waals surface area (Å²) < 4.78 is 19.2. The summed E-state index contributed by atoms with van der Waals surface area (Å²) in [5.41, 5.74) is -2.71. The van der Waals surface area contributed by atoms with E-state index in [1.165, 1.54) is 12.1 Å². The lowest BCUT2D eigenvalue weighted by Gasteiger charge is -2.42. The van der Waals surface area contributed by atoms with Crippen LogP contribution in [0.25, 0.3) is 11.0 Å². The average molecular weight is 419 g/mol. The molecule has 0 saturated carbocycles. The first-order valence-corrected chi connectivity index (χ1v) is 9.79. The standard InChI is InChI=1S/C23H18FN3O4/c1-27-9-8-22(12-25,23(27)16-4-2-3-5-17(16)26-21(23)30)20(29)15-11-31-18-7-6-13(24)10-14(18)19(15)28/h2-7,10-11,20,29H,8-9H2,1H3,(H,26,30)/t20-,22+,23+/m1/s1. The lowest BCUT2D eigenvalue weighted by molar-refractivity contribution is -0.134. The van der Waals surface area contributed by atoms with Crippen LogP contribution in [0, 0.1) is 22.6 Å². The van der Waals surface area contributed by atoms with Crippen molar-refractivity contribution in [3.8, 4) is 6.07 Å². The van der Waals surface area contributed by atoms with Crippen molar-refractivity contribution < 1.29 is 18.7 Å². The molecule has 7 nitrogen and oxygen atoms in total. The molecular weight excluding hydrogens is 401 g/mol. The molecule has 3 aromatic rings. The number of aliphatic hydroxyl groups is 1. The number of rotatable bonds is 2. The van der Waals surface area contributed by atoms with Crippen LogP contribution in [0.4, 0.5) is 10.1 Å². The van der Waals surface area contributed by atoms with Crippen LogP contribution in [-0.4, -0.2) is 29.5 Å². The highest BCUT2D eigenvalue weighted by Gasteiger charge is 2.70. The van der Waals surface area contributed by atoms with Gasteiger partial charge in [0.15, 0.2) is 5.43 Å². The van der Waals surface area contributed by atoms with Crippen molar-refractivity contribution in [2.24, 2.45) is 5.41 Å². The second-order valence-corrected chi connectivity index (χ2v) is 8.03. The molecule has 3 heterocycles. The molecule has 2 N–H and O–H groups in total. The van der Waals surface area contributed by atoms with Crippen molar-refractivity contribution in [3.63, 3.8) is 0 Å². The highest BCUT2D eigenvalue weighted by molar-refractivity contribution is 6.07. The van der Waals surface area contributed by atoms with E-state index >= 15 is 0 Å². The van der Waals surface area contributed by atoms with Crippen molar-refractivity contribution in [1.82, 2.24) is 4.90 Å². The first kappa shape index (κ1) is 19.4. The van der Waals surface area contributed by atoms with Gasteiger partial charge in [-0.15, -0.1) is 0 Å². The Morgan fingerprint density at radius 2 is 2.06 bits per heavy atom. The number of likely N-dealkylation sites (N-methyl/N-ethyl adjacent to an activating group) is 1. The van der Waals surface area contributed by atoms with Gasteiger partial charge >= 0.3 is 0 Å². The number of anilines is 1. The van der Waals surface area contributed by atoms with Gasteiger partial charge in [-0.25, -0.2) is 4.39 Å². The first-order chi connectivity index (χ1) is 14.9. The van der Waals surface area contributed by atoms with Gasteiger partial charge in [0.05, 0.1) is 17.0 Å². The van der Waals surface area contributed by atoms with Crippen LogP contribution >= 0.6 is 0 Å². The largest absolute Gasteiger partial charge is 0.464 e. The quantitative estimate of drug-likeness (QED) is 0.662. The predicted molar refractivity (Wildman–Crippen MR) is 109 cm³/mol. The normalized spacial score (nSPS) is 26.1. The molecule has 1 saturated heterocycles. The minimum absolute atomic E-state index is 0.0404. The Morgan fingerprint density at radius 1 is 1.29 bits per heavy atom. The molecular formula is C23H18FN3O4. The zero-order valence-electron chi connectivity index (χ0n) is 16.6. The van der Waals surface area contributed by atoms with Crippen LogP contribution in [-0.2, 0) is 10.3 Å². The number of para-hydroxylation sites is 1. The van der Waals surface area contributed by atoms with Crippen LogP contribution in [0.2, 0.25) is 0 Å². The average Bonchev–Trinajstić information content (AvgIpc) is 3.25. The van der Waals surface area contributed by atoms with E-state index in [0.717, 1.165) is 12.3 Å². The van der Waals surface area contributed by atoms with Crippen LogP contribution in [0.3, 0.4) is 0 Å². The SMILES string of the molecule is CN1CC[C@](C#N)([C@H](O)c2coc3ccc(F)cc3c2=O)[C@]12C(=O)Nc1ccccc12. The summed E-state index contributed by atoms with van der Waals surface area (Å²) in [6, 6.07) is 12.7. The number of hydrogen-bond acceptors (Lipinski definition) is 6. The van der Waals surface area contributed by atoms with Crippen LogP contribution in [0.1, 0.15) is 23.7 Å². The van der Waals surface area contributed by atoms with Gasteiger partial charge in [-0.2, -0.15) is 5.26 Å². The Morgan fingerprint density at radius 3 is 2.84 bits per heavy atom. The highest BCUT2D eigenvalue weighted by Crippen LogP contribution is 2.61. The molecule has 0 unspecified atom stereocenters. The second-order valence-electron chi connectivity index (χ2n) is 8.03. The van der Waals surface area contributed by atoms with Gasteiger partial charge in [0.1, 0.15) is 34.7 Å². The third-order valence-corrected chi connectivity index (χ3v) is 6.68. The number of nitriles is 1. The fraction of sp³-hybridized carbons (Fsp3) is 0.261. The summed E-state index contributed by atoms with van der Waals surface area (Å²) >= 11 is 0. The Labute approximate surface area is 176 Å².